The van der Waals surface area contributed by atoms with Crippen LogP contribution in [0.3, 0.4) is 0 Å². The number of thiophene rings is 1. The van der Waals surface area contributed by atoms with Crippen LogP contribution in [0.25, 0.3) is 10.2 Å². The SMILES string of the molecule is CCOC=CC(=O)N(Cc1sc2c(c1C)c(=O)n(CC)c(=O)n2CCOC)N(C(=O)O)C(C)(C)C. The minimum Gasteiger partial charge on any atom is -0.501 e. The van der Waals surface area contributed by atoms with Gasteiger partial charge in [0.05, 0.1) is 43.5 Å². The minimum absolute atomic E-state index is 0.117. The number of ether oxygens (including phenoxy) is 2. The fourth-order valence-corrected chi connectivity index (χ4v) is 4.97. The molecule has 0 saturated carbocycles. The maximum atomic E-state index is 13.1. The first-order valence-electron chi connectivity index (χ1n) is 11.3. The molecule has 0 saturated heterocycles. The van der Waals surface area contributed by atoms with E-state index in [1.165, 1.54) is 29.3 Å². The Morgan fingerprint density at radius 2 is 1.83 bits per heavy atom. The molecule has 0 unspecified atom stereocenters. The van der Waals surface area contributed by atoms with Gasteiger partial charge in [0.15, 0.2) is 0 Å². The van der Waals surface area contributed by atoms with Gasteiger partial charge in [-0.3, -0.25) is 18.7 Å². The summed E-state index contributed by atoms with van der Waals surface area (Å²) in [5.41, 5.74) is -1.21. The highest BCUT2D eigenvalue weighted by Crippen LogP contribution is 2.31. The number of carbonyl (C=O) groups is 2. The summed E-state index contributed by atoms with van der Waals surface area (Å²) in [6.07, 6.45) is 1.07. The van der Waals surface area contributed by atoms with Crippen LogP contribution in [0, 0.1) is 6.92 Å². The van der Waals surface area contributed by atoms with Crippen LogP contribution < -0.4 is 11.2 Å². The van der Waals surface area contributed by atoms with Crippen molar-refractivity contribution in [2.24, 2.45) is 0 Å². The minimum atomic E-state index is -1.31. The quantitative estimate of drug-likeness (QED) is 0.313. The van der Waals surface area contributed by atoms with Crippen LogP contribution in [0.1, 0.15) is 45.1 Å². The highest BCUT2D eigenvalue weighted by atomic mass is 32.1. The molecular weight excluding hydrogens is 476 g/mol. The standard InChI is InChI=1S/C23H34N4O7S/c1-8-24-19(29)18-15(3)16(35-20(18)25(21(24)30)11-13-33-7)14-26(17(28)10-12-34-9-2)27(22(31)32)23(4,5)6/h10,12H,8-9,11,13-14H2,1-7H3,(H,31,32). The van der Waals surface area contributed by atoms with E-state index in [1.807, 2.05) is 0 Å². The molecule has 2 rings (SSSR count). The molecule has 0 radical (unpaired) electrons. The number of hydrogen-bond acceptors (Lipinski definition) is 7. The summed E-state index contributed by atoms with van der Waals surface area (Å²) < 4.78 is 12.9. The number of carbonyl (C=O) groups excluding carboxylic acids is 1. The third-order valence-electron chi connectivity index (χ3n) is 5.31. The molecule has 2 aromatic heterocycles. The fraction of sp³-hybridized carbons (Fsp3) is 0.565. The first-order chi connectivity index (χ1) is 16.4. The zero-order chi connectivity index (χ0) is 26.5. The topological polar surface area (TPSA) is 123 Å². The van der Waals surface area contributed by atoms with Crippen LogP contribution >= 0.6 is 11.3 Å². The molecule has 11 nitrogen and oxygen atoms in total. The van der Waals surface area contributed by atoms with E-state index in [2.05, 4.69) is 0 Å². The van der Waals surface area contributed by atoms with Gasteiger partial charge in [-0.1, -0.05) is 0 Å². The van der Waals surface area contributed by atoms with E-state index in [9.17, 15) is 24.3 Å². The van der Waals surface area contributed by atoms with Gasteiger partial charge in [0.1, 0.15) is 4.83 Å². The maximum absolute atomic E-state index is 13.1. The number of hydrogen-bond donors (Lipinski definition) is 1. The lowest BCUT2D eigenvalue weighted by Gasteiger charge is -2.40. The predicted molar refractivity (Wildman–Crippen MR) is 134 cm³/mol. The summed E-state index contributed by atoms with van der Waals surface area (Å²) in [6, 6.07) is 0. The third kappa shape index (κ3) is 5.93. The molecule has 0 atom stereocenters. The largest absolute Gasteiger partial charge is 0.501 e. The second kappa shape index (κ2) is 11.5. The summed E-state index contributed by atoms with van der Waals surface area (Å²) in [4.78, 5) is 52.5. The number of aryl methyl sites for hydroxylation is 1. The lowest BCUT2D eigenvalue weighted by atomic mass is 10.1. The van der Waals surface area contributed by atoms with E-state index in [0.717, 1.165) is 20.7 Å². The summed E-state index contributed by atoms with van der Waals surface area (Å²) in [5.74, 6) is -0.602. The Bertz CT molecular complexity index is 1220. The van der Waals surface area contributed by atoms with Gasteiger partial charge in [0.25, 0.3) is 11.5 Å². The predicted octanol–water partition coefficient (Wildman–Crippen LogP) is 2.77. The van der Waals surface area contributed by atoms with Gasteiger partial charge < -0.3 is 14.6 Å². The van der Waals surface area contributed by atoms with Crippen molar-refractivity contribution in [3.8, 4) is 0 Å². The monoisotopic (exact) mass is 510 g/mol. The van der Waals surface area contributed by atoms with E-state index < -0.39 is 28.8 Å². The van der Waals surface area contributed by atoms with Crippen LogP contribution in [0.2, 0.25) is 0 Å². The van der Waals surface area contributed by atoms with Gasteiger partial charge in [0.2, 0.25) is 0 Å². The van der Waals surface area contributed by atoms with Crippen molar-refractivity contribution < 1.29 is 24.2 Å². The van der Waals surface area contributed by atoms with Gasteiger partial charge in [0, 0.05) is 24.6 Å². The first-order valence-corrected chi connectivity index (χ1v) is 12.1. The van der Waals surface area contributed by atoms with Crippen molar-refractivity contribution in [1.82, 2.24) is 19.2 Å². The van der Waals surface area contributed by atoms with Crippen molar-refractivity contribution in [2.75, 3.05) is 20.3 Å². The molecule has 194 valence electrons. The average molecular weight is 511 g/mol. The van der Waals surface area contributed by atoms with Crippen molar-refractivity contribution in [1.29, 1.82) is 0 Å². The van der Waals surface area contributed by atoms with E-state index in [-0.39, 0.29) is 26.2 Å². The lowest BCUT2D eigenvalue weighted by Crippen LogP contribution is -2.57. The molecule has 0 aliphatic carbocycles. The van der Waals surface area contributed by atoms with E-state index in [0.29, 0.717) is 27.3 Å². The second-order valence-corrected chi connectivity index (χ2v) is 9.81. The van der Waals surface area contributed by atoms with E-state index >= 15 is 0 Å². The van der Waals surface area contributed by atoms with Crippen LogP contribution in [0.5, 0.6) is 0 Å². The molecule has 12 heteroatoms. The van der Waals surface area contributed by atoms with Gasteiger partial charge in [-0.2, -0.15) is 0 Å². The molecular formula is C23H34N4O7S. The Morgan fingerprint density at radius 1 is 1.17 bits per heavy atom. The Balaban J connectivity index is 2.74. The van der Waals surface area contributed by atoms with E-state index in [1.54, 1.807) is 41.5 Å². The Labute approximate surface area is 207 Å². The van der Waals surface area contributed by atoms with Crippen molar-refractivity contribution in [3.63, 3.8) is 0 Å². The first kappa shape index (κ1) is 28.1. The number of amides is 2. The highest BCUT2D eigenvalue weighted by Gasteiger charge is 2.35. The number of carboxylic acid groups (broad SMARTS) is 1. The Hall–Kier alpha value is -3.12. The molecule has 2 heterocycles. The zero-order valence-corrected chi connectivity index (χ0v) is 22.1. The highest BCUT2D eigenvalue weighted by molar-refractivity contribution is 7.18. The Morgan fingerprint density at radius 3 is 2.34 bits per heavy atom. The number of fused-ring (bicyclic) bond motifs is 1. The molecule has 0 aliphatic heterocycles. The number of hydrazine groups is 1. The van der Waals surface area contributed by atoms with Gasteiger partial charge in [-0.05, 0) is 47.1 Å². The van der Waals surface area contributed by atoms with Crippen molar-refractivity contribution in [3.05, 3.63) is 43.6 Å². The molecule has 0 bridgehead atoms. The van der Waals surface area contributed by atoms with E-state index in [4.69, 9.17) is 9.47 Å². The average Bonchev–Trinajstić information content (AvgIpc) is 3.08. The normalized spacial score (nSPS) is 11.9. The van der Waals surface area contributed by atoms with Gasteiger partial charge in [-0.25, -0.2) is 19.6 Å². The smallest absolute Gasteiger partial charge is 0.426 e. The number of nitrogens with zero attached hydrogens (tertiary/aromatic N) is 4. The van der Waals surface area contributed by atoms with Crippen LogP contribution in [-0.2, 0) is 33.9 Å². The molecule has 0 fully saturated rings. The third-order valence-corrected chi connectivity index (χ3v) is 6.61. The second-order valence-electron chi connectivity index (χ2n) is 8.73. The summed E-state index contributed by atoms with van der Waals surface area (Å²) in [7, 11) is 1.52. The Kier molecular flexibility index (Phi) is 9.27. The molecule has 0 aromatic carbocycles. The molecule has 2 aromatic rings. The van der Waals surface area contributed by atoms with Gasteiger partial charge >= 0.3 is 11.8 Å². The molecule has 1 N–H and O–H groups in total. The fourth-order valence-electron chi connectivity index (χ4n) is 3.67. The van der Waals surface area contributed by atoms with Gasteiger partial charge in [-0.15, -0.1) is 11.3 Å². The number of methoxy groups -OCH3 is 1. The summed E-state index contributed by atoms with van der Waals surface area (Å²) >= 11 is 1.19. The van der Waals surface area contributed by atoms with Crippen molar-refractivity contribution >= 4 is 33.6 Å². The van der Waals surface area contributed by atoms with Crippen LogP contribution in [0.4, 0.5) is 4.79 Å². The van der Waals surface area contributed by atoms with Crippen LogP contribution in [0.15, 0.2) is 21.9 Å². The molecule has 0 spiro atoms. The molecule has 0 aliphatic rings. The lowest BCUT2D eigenvalue weighted by molar-refractivity contribution is -0.149. The summed E-state index contributed by atoms with van der Waals surface area (Å²) in [5, 5.41) is 12.4. The maximum Gasteiger partial charge on any atom is 0.426 e. The zero-order valence-electron chi connectivity index (χ0n) is 21.3. The summed E-state index contributed by atoms with van der Waals surface area (Å²) in [6.45, 7) is 11.2. The van der Waals surface area contributed by atoms with Crippen LogP contribution in [-0.4, -0.2) is 62.1 Å². The molecule has 2 amide bonds. The number of aromatic nitrogens is 2. The number of rotatable bonds is 9. The molecule has 35 heavy (non-hydrogen) atoms. The van der Waals surface area contributed by atoms with Crippen molar-refractivity contribution in [2.45, 2.75) is 66.7 Å².